The molecule has 0 bridgehead atoms. The van der Waals surface area contributed by atoms with Crippen LogP contribution in [0.5, 0.6) is 5.75 Å². The summed E-state index contributed by atoms with van der Waals surface area (Å²) in [5.74, 6) is 0.920. The number of carbonyl (C=O) groups is 1. The van der Waals surface area contributed by atoms with Gasteiger partial charge in [-0.1, -0.05) is 74.5 Å². The van der Waals surface area contributed by atoms with Crippen LogP contribution in [0.2, 0.25) is 0 Å². The number of hydrogen-bond donors (Lipinski definition) is 1. The van der Waals surface area contributed by atoms with Gasteiger partial charge in [-0.15, -0.1) is 0 Å². The van der Waals surface area contributed by atoms with Crippen LogP contribution < -0.4 is 10.1 Å². The third kappa shape index (κ3) is 4.42. The van der Waals surface area contributed by atoms with Gasteiger partial charge in [0.1, 0.15) is 5.75 Å². The van der Waals surface area contributed by atoms with E-state index in [0.29, 0.717) is 13.0 Å². The number of ether oxygens (including phenoxy) is 1. The summed E-state index contributed by atoms with van der Waals surface area (Å²) in [6, 6.07) is 24.3. The van der Waals surface area contributed by atoms with Gasteiger partial charge in [-0.25, -0.2) is 0 Å². The number of fused-ring (bicyclic) bond motifs is 1. The minimum absolute atomic E-state index is 0.0663. The summed E-state index contributed by atoms with van der Waals surface area (Å²) >= 11 is 0. The number of amides is 1. The molecule has 3 rings (SSSR count). The zero-order valence-electron chi connectivity index (χ0n) is 15.3. The molecule has 0 aliphatic rings. The zero-order valence-corrected chi connectivity index (χ0v) is 15.3. The lowest BCUT2D eigenvalue weighted by Gasteiger charge is -2.19. The molecule has 0 spiro atoms. The summed E-state index contributed by atoms with van der Waals surface area (Å²) in [4.78, 5) is 12.5. The van der Waals surface area contributed by atoms with E-state index in [1.807, 2.05) is 61.5 Å². The van der Waals surface area contributed by atoms with Crippen LogP contribution in [0.4, 0.5) is 0 Å². The van der Waals surface area contributed by atoms with Crippen LogP contribution in [0.25, 0.3) is 10.8 Å². The largest absolute Gasteiger partial charge is 0.481 e. The Labute approximate surface area is 155 Å². The quantitative estimate of drug-likeness (QED) is 0.659. The fourth-order valence-corrected chi connectivity index (χ4v) is 2.99. The zero-order chi connectivity index (χ0) is 18.4. The molecular weight excluding hydrogens is 322 g/mol. The van der Waals surface area contributed by atoms with Gasteiger partial charge in [0.15, 0.2) is 6.10 Å². The van der Waals surface area contributed by atoms with E-state index in [-0.39, 0.29) is 11.8 Å². The minimum Gasteiger partial charge on any atom is -0.481 e. The molecule has 1 N–H and O–H groups in total. The second-order valence-electron chi connectivity index (χ2n) is 6.58. The average molecular weight is 347 g/mol. The highest BCUT2D eigenvalue weighted by atomic mass is 16.5. The van der Waals surface area contributed by atoms with Gasteiger partial charge < -0.3 is 10.1 Å². The normalized spacial score (nSPS) is 13.2. The Morgan fingerprint density at radius 1 is 0.962 bits per heavy atom. The van der Waals surface area contributed by atoms with Crippen LogP contribution in [0.3, 0.4) is 0 Å². The predicted molar refractivity (Wildman–Crippen MR) is 107 cm³/mol. The number of carbonyl (C=O) groups excluding carboxylic acids is 1. The smallest absolute Gasteiger partial charge is 0.261 e. The fourth-order valence-electron chi connectivity index (χ4n) is 2.99. The van der Waals surface area contributed by atoms with Gasteiger partial charge in [-0.05, 0) is 40.8 Å². The van der Waals surface area contributed by atoms with Gasteiger partial charge in [-0.3, -0.25) is 4.79 Å². The summed E-state index contributed by atoms with van der Waals surface area (Å²) in [6.45, 7) is 4.67. The summed E-state index contributed by atoms with van der Waals surface area (Å²) in [6.07, 6.45) is 0.136. The lowest BCUT2D eigenvalue weighted by atomic mass is 10.0. The van der Waals surface area contributed by atoms with E-state index in [1.54, 1.807) is 0 Å². The summed E-state index contributed by atoms with van der Waals surface area (Å²) in [5.41, 5.74) is 1.22. The maximum Gasteiger partial charge on any atom is 0.261 e. The van der Waals surface area contributed by atoms with E-state index >= 15 is 0 Å². The third-order valence-corrected chi connectivity index (χ3v) is 4.61. The van der Waals surface area contributed by atoms with Gasteiger partial charge in [0, 0.05) is 6.54 Å². The van der Waals surface area contributed by atoms with Crippen molar-refractivity contribution in [2.75, 3.05) is 6.54 Å². The molecule has 3 heteroatoms. The molecular formula is C23H25NO2. The highest BCUT2D eigenvalue weighted by Gasteiger charge is 2.19. The molecule has 0 saturated heterocycles. The van der Waals surface area contributed by atoms with Gasteiger partial charge in [0.25, 0.3) is 5.91 Å². The first kappa shape index (κ1) is 18.0. The molecule has 0 heterocycles. The van der Waals surface area contributed by atoms with Crippen molar-refractivity contribution < 1.29 is 9.53 Å². The summed E-state index contributed by atoms with van der Waals surface area (Å²) in [7, 11) is 0. The van der Waals surface area contributed by atoms with Gasteiger partial charge in [-0.2, -0.15) is 0 Å². The molecule has 0 unspecified atom stereocenters. The lowest BCUT2D eigenvalue weighted by Crippen LogP contribution is -2.39. The Morgan fingerprint density at radius 3 is 2.38 bits per heavy atom. The van der Waals surface area contributed by atoms with E-state index in [4.69, 9.17) is 4.74 Å². The predicted octanol–water partition coefficient (Wildman–Crippen LogP) is 4.92. The molecule has 3 nitrogen and oxygen atoms in total. The molecule has 0 aliphatic heterocycles. The second-order valence-corrected chi connectivity index (χ2v) is 6.58. The first-order chi connectivity index (χ1) is 12.7. The number of nitrogens with one attached hydrogen (secondary N) is 1. The Morgan fingerprint density at radius 2 is 1.65 bits per heavy atom. The molecule has 0 fully saturated rings. The van der Waals surface area contributed by atoms with Crippen molar-refractivity contribution in [3.8, 4) is 5.75 Å². The molecule has 2 atom stereocenters. The van der Waals surface area contributed by atoms with Crippen molar-refractivity contribution in [1.29, 1.82) is 0 Å². The summed E-state index contributed by atoms with van der Waals surface area (Å²) < 4.78 is 5.96. The second kappa shape index (κ2) is 8.52. The van der Waals surface area contributed by atoms with Gasteiger partial charge in [0.2, 0.25) is 0 Å². The maximum absolute atomic E-state index is 12.5. The van der Waals surface area contributed by atoms with E-state index in [0.717, 1.165) is 16.5 Å². The highest BCUT2D eigenvalue weighted by Crippen LogP contribution is 2.22. The third-order valence-electron chi connectivity index (χ3n) is 4.61. The SMILES string of the molecule is CC[C@H](Oc1ccc2ccccc2c1)C(=O)NC[C@H](C)c1ccccc1. The van der Waals surface area contributed by atoms with Crippen LogP contribution in [0.15, 0.2) is 72.8 Å². The van der Waals surface area contributed by atoms with Crippen molar-refractivity contribution >= 4 is 16.7 Å². The topological polar surface area (TPSA) is 38.3 Å². The fraction of sp³-hybridized carbons (Fsp3) is 0.261. The standard InChI is InChI=1S/C23H25NO2/c1-3-22(23(25)24-16-17(2)18-9-5-4-6-10-18)26-21-14-13-19-11-7-8-12-20(19)15-21/h4-15,17,22H,3,16H2,1-2H3,(H,24,25)/t17-,22-/m0/s1. The van der Waals surface area contributed by atoms with Gasteiger partial charge >= 0.3 is 0 Å². The summed E-state index contributed by atoms with van der Waals surface area (Å²) in [5, 5.41) is 5.30. The monoisotopic (exact) mass is 347 g/mol. The van der Waals surface area contributed by atoms with Crippen molar-refractivity contribution in [3.05, 3.63) is 78.4 Å². The van der Waals surface area contributed by atoms with Crippen molar-refractivity contribution in [2.24, 2.45) is 0 Å². The molecule has 3 aromatic carbocycles. The molecule has 0 radical (unpaired) electrons. The molecule has 3 aromatic rings. The maximum atomic E-state index is 12.5. The Balaban J connectivity index is 1.61. The molecule has 134 valence electrons. The van der Waals surface area contributed by atoms with E-state index in [2.05, 4.69) is 30.4 Å². The molecule has 0 aliphatic carbocycles. The molecule has 1 amide bonds. The average Bonchev–Trinajstić information content (AvgIpc) is 2.70. The molecule has 26 heavy (non-hydrogen) atoms. The van der Waals surface area contributed by atoms with E-state index in [1.165, 1.54) is 5.56 Å². The van der Waals surface area contributed by atoms with Crippen LogP contribution in [-0.2, 0) is 4.79 Å². The minimum atomic E-state index is -0.487. The van der Waals surface area contributed by atoms with Crippen LogP contribution in [0.1, 0.15) is 31.7 Å². The van der Waals surface area contributed by atoms with Crippen LogP contribution in [0, 0.1) is 0 Å². The Bertz CT molecular complexity index is 860. The number of rotatable bonds is 7. The van der Waals surface area contributed by atoms with E-state index < -0.39 is 6.10 Å². The first-order valence-electron chi connectivity index (χ1n) is 9.15. The highest BCUT2D eigenvalue weighted by molar-refractivity contribution is 5.84. The van der Waals surface area contributed by atoms with Gasteiger partial charge in [0.05, 0.1) is 0 Å². The van der Waals surface area contributed by atoms with Crippen molar-refractivity contribution in [2.45, 2.75) is 32.3 Å². The Hall–Kier alpha value is -2.81. The van der Waals surface area contributed by atoms with Crippen LogP contribution in [-0.4, -0.2) is 18.6 Å². The van der Waals surface area contributed by atoms with Crippen molar-refractivity contribution in [1.82, 2.24) is 5.32 Å². The van der Waals surface area contributed by atoms with E-state index in [9.17, 15) is 4.79 Å². The van der Waals surface area contributed by atoms with Crippen LogP contribution >= 0.6 is 0 Å². The number of hydrogen-bond acceptors (Lipinski definition) is 2. The molecule has 0 saturated carbocycles. The molecule has 0 aromatic heterocycles. The first-order valence-corrected chi connectivity index (χ1v) is 9.15. The lowest BCUT2D eigenvalue weighted by molar-refractivity contribution is -0.128. The number of benzene rings is 3. The van der Waals surface area contributed by atoms with Crippen molar-refractivity contribution in [3.63, 3.8) is 0 Å². The Kier molecular flexibility index (Phi) is 5.90.